The normalized spacial score (nSPS) is 10.6. The number of ether oxygens (including phenoxy) is 2. The fraction of sp³-hybridized carbons (Fsp3) is 0.292. The predicted molar refractivity (Wildman–Crippen MR) is 117 cm³/mol. The van der Waals surface area contributed by atoms with Crippen LogP contribution in [0.4, 0.5) is 0 Å². The summed E-state index contributed by atoms with van der Waals surface area (Å²) in [6, 6.07) is 14.7. The molecule has 0 atom stereocenters. The third-order valence-corrected chi connectivity index (χ3v) is 4.55. The Bertz CT molecular complexity index is 1010. The Morgan fingerprint density at radius 3 is 2.65 bits per heavy atom. The summed E-state index contributed by atoms with van der Waals surface area (Å²) in [6.07, 6.45) is 2.32. The number of carbonyl (C=O) groups is 2. The van der Waals surface area contributed by atoms with Crippen molar-refractivity contribution >= 4 is 11.9 Å². The van der Waals surface area contributed by atoms with Gasteiger partial charge in [-0.1, -0.05) is 42.0 Å². The van der Waals surface area contributed by atoms with Crippen molar-refractivity contribution < 1.29 is 23.5 Å². The van der Waals surface area contributed by atoms with Gasteiger partial charge in [-0.2, -0.15) is 0 Å². The Morgan fingerprint density at radius 2 is 1.87 bits per heavy atom. The number of aromatic nitrogens is 1. The molecule has 0 saturated carbocycles. The highest BCUT2D eigenvalue weighted by Crippen LogP contribution is 2.28. The number of esters is 1. The molecule has 162 valence electrons. The van der Waals surface area contributed by atoms with Crippen molar-refractivity contribution in [2.45, 2.75) is 20.3 Å². The van der Waals surface area contributed by atoms with E-state index >= 15 is 0 Å². The molecule has 1 heterocycles. The van der Waals surface area contributed by atoms with E-state index < -0.39 is 5.97 Å². The number of hydrogen-bond donors (Lipinski definition) is 1. The zero-order valence-electron chi connectivity index (χ0n) is 17.7. The highest BCUT2D eigenvalue weighted by atomic mass is 16.5. The summed E-state index contributed by atoms with van der Waals surface area (Å²) < 4.78 is 16.3. The van der Waals surface area contributed by atoms with Crippen molar-refractivity contribution in [3.8, 4) is 22.8 Å². The number of nitrogens with zero attached hydrogens (tertiary/aromatic N) is 1. The highest BCUT2D eigenvalue weighted by molar-refractivity contribution is 5.97. The fourth-order valence-electron chi connectivity index (χ4n) is 2.90. The molecule has 3 aromatic rings. The summed E-state index contributed by atoms with van der Waals surface area (Å²) in [5.74, 6) is -0.0663. The molecule has 1 amide bonds. The monoisotopic (exact) mass is 422 g/mol. The van der Waals surface area contributed by atoms with Crippen LogP contribution < -0.4 is 5.32 Å². The largest absolute Gasteiger partial charge is 0.452 e. The number of hydrogen-bond acceptors (Lipinski definition) is 6. The standard InChI is InChI=1S/C24H26N2O5/c1-3-29-14-6-13-25-22(27)16-30-24(28)20-8-5-4-7-19(20)23-26-15-21(31-23)18-11-9-17(2)10-12-18/h4-5,7-12,15H,3,6,13-14,16H2,1-2H3,(H,25,27). The van der Waals surface area contributed by atoms with E-state index in [1.165, 1.54) is 0 Å². The van der Waals surface area contributed by atoms with E-state index in [0.717, 1.165) is 11.1 Å². The third-order valence-electron chi connectivity index (χ3n) is 4.55. The summed E-state index contributed by atoms with van der Waals surface area (Å²) in [7, 11) is 0. The maximum atomic E-state index is 12.6. The van der Waals surface area contributed by atoms with Gasteiger partial charge < -0.3 is 19.2 Å². The van der Waals surface area contributed by atoms with Crippen LogP contribution in [-0.2, 0) is 14.3 Å². The summed E-state index contributed by atoms with van der Waals surface area (Å²) in [6.45, 7) is 5.25. The first kappa shape index (κ1) is 22.2. The molecule has 31 heavy (non-hydrogen) atoms. The van der Waals surface area contributed by atoms with Crippen molar-refractivity contribution in [2.75, 3.05) is 26.4 Å². The number of amides is 1. The van der Waals surface area contributed by atoms with Gasteiger partial charge in [0.1, 0.15) is 0 Å². The van der Waals surface area contributed by atoms with Gasteiger partial charge >= 0.3 is 5.97 Å². The summed E-state index contributed by atoms with van der Waals surface area (Å²) in [5, 5.41) is 2.69. The molecule has 0 spiro atoms. The molecule has 7 heteroatoms. The third kappa shape index (κ3) is 6.26. The van der Waals surface area contributed by atoms with E-state index in [1.807, 2.05) is 38.1 Å². The van der Waals surface area contributed by atoms with Gasteiger partial charge in [-0.15, -0.1) is 0 Å². The van der Waals surface area contributed by atoms with Gasteiger partial charge in [-0.3, -0.25) is 4.79 Å². The van der Waals surface area contributed by atoms with E-state index in [-0.39, 0.29) is 18.1 Å². The molecule has 0 aliphatic carbocycles. The molecule has 0 fully saturated rings. The van der Waals surface area contributed by atoms with E-state index in [9.17, 15) is 9.59 Å². The zero-order valence-corrected chi connectivity index (χ0v) is 17.7. The van der Waals surface area contributed by atoms with Crippen LogP contribution in [0.15, 0.2) is 59.1 Å². The van der Waals surface area contributed by atoms with Crippen LogP contribution in [0.3, 0.4) is 0 Å². The summed E-state index contributed by atoms with van der Waals surface area (Å²) in [4.78, 5) is 28.8. The molecule has 2 aromatic carbocycles. The van der Waals surface area contributed by atoms with Crippen molar-refractivity contribution in [2.24, 2.45) is 0 Å². The minimum absolute atomic E-state index is 0.281. The maximum Gasteiger partial charge on any atom is 0.339 e. The first-order valence-electron chi connectivity index (χ1n) is 10.2. The molecule has 7 nitrogen and oxygen atoms in total. The topological polar surface area (TPSA) is 90.7 Å². The molecule has 0 bridgehead atoms. The lowest BCUT2D eigenvalue weighted by Gasteiger charge is -2.08. The van der Waals surface area contributed by atoms with Gasteiger partial charge in [-0.25, -0.2) is 9.78 Å². The predicted octanol–water partition coefficient (Wildman–Crippen LogP) is 4.02. The van der Waals surface area contributed by atoms with Crippen LogP contribution in [-0.4, -0.2) is 43.2 Å². The first-order chi connectivity index (χ1) is 15.1. The van der Waals surface area contributed by atoms with Crippen LogP contribution in [0.1, 0.15) is 29.3 Å². The van der Waals surface area contributed by atoms with Crippen molar-refractivity contribution in [1.82, 2.24) is 10.3 Å². The molecule has 1 aromatic heterocycles. The van der Waals surface area contributed by atoms with Gasteiger partial charge in [-0.05, 0) is 32.4 Å². The molecule has 0 saturated heterocycles. The number of benzene rings is 2. The Labute approximate surface area is 181 Å². The second-order valence-corrected chi connectivity index (χ2v) is 6.92. The van der Waals surface area contributed by atoms with Gasteiger partial charge in [0.2, 0.25) is 5.89 Å². The molecule has 0 unspecified atom stereocenters. The molecular weight excluding hydrogens is 396 g/mol. The van der Waals surface area contributed by atoms with Crippen molar-refractivity contribution in [1.29, 1.82) is 0 Å². The average molecular weight is 422 g/mol. The molecule has 0 aliphatic rings. The number of carbonyl (C=O) groups excluding carboxylic acids is 2. The number of rotatable bonds is 10. The van der Waals surface area contributed by atoms with E-state index in [4.69, 9.17) is 13.9 Å². The van der Waals surface area contributed by atoms with Crippen LogP contribution in [0.2, 0.25) is 0 Å². The second kappa shape index (κ2) is 11.1. The first-order valence-corrected chi connectivity index (χ1v) is 10.2. The Morgan fingerprint density at radius 1 is 1.10 bits per heavy atom. The second-order valence-electron chi connectivity index (χ2n) is 6.92. The van der Waals surface area contributed by atoms with Gasteiger partial charge in [0, 0.05) is 25.3 Å². The molecule has 0 radical (unpaired) electrons. The van der Waals surface area contributed by atoms with Crippen LogP contribution in [0, 0.1) is 6.92 Å². The fourth-order valence-corrected chi connectivity index (χ4v) is 2.90. The molecule has 1 N–H and O–H groups in total. The number of nitrogens with one attached hydrogen (secondary N) is 1. The number of aryl methyl sites for hydroxylation is 1. The molecule has 0 aliphatic heterocycles. The quantitative estimate of drug-likeness (QED) is 0.392. The Balaban J connectivity index is 1.63. The van der Waals surface area contributed by atoms with E-state index in [2.05, 4.69) is 10.3 Å². The molecular formula is C24H26N2O5. The average Bonchev–Trinajstić information content (AvgIpc) is 3.28. The lowest BCUT2D eigenvalue weighted by molar-refractivity contribution is -0.124. The van der Waals surface area contributed by atoms with Crippen molar-refractivity contribution in [3.05, 3.63) is 65.9 Å². The Kier molecular flexibility index (Phi) is 7.95. The maximum absolute atomic E-state index is 12.6. The summed E-state index contributed by atoms with van der Waals surface area (Å²) >= 11 is 0. The van der Waals surface area contributed by atoms with Gasteiger partial charge in [0.05, 0.1) is 17.3 Å². The van der Waals surface area contributed by atoms with Crippen LogP contribution in [0.5, 0.6) is 0 Å². The lowest BCUT2D eigenvalue weighted by Crippen LogP contribution is -2.30. The van der Waals surface area contributed by atoms with Crippen LogP contribution in [0.25, 0.3) is 22.8 Å². The van der Waals surface area contributed by atoms with Crippen molar-refractivity contribution in [3.63, 3.8) is 0 Å². The molecule has 3 rings (SSSR count). The summed E-state index contributed by atoms with van der Waals surface area (Å²) in [5.41, 5.74) is 2.83. The van der Waals surface area contributed by atoms with E-state index in [1.54, 1.807) is 30.5 Å². The minimum atomic E-state index is -0.616. The Hall–Kier alpha value is -3.45. The van der Waals surface area contributed by atoms with Gasteiger partial charge in [0.15, 0.2) is 12.4 Å². The lowest BCUT2D eigenvalue weighted by atomic mass is 10.1. The van der Waals surface area contributed by atoms with E-state index in [0.29, 0.717) is 43.4 Å². The van der Waals surface area contributed by atoms with Crippen LogP contribution >= 0.6 is 0 Å². The van der Waals surface area contributed by atoms with Gasteiger partial charge in [0.25, 0.3) is 5.91 Å². The minimum Gasteiger partial charge on any atom is -0.452 e. The zero-order chi connectivity index (χ0) is 22.1. The highest BCUT2D eigenvalue weighted by Gasteiger charge is 2.19. The smallest absolute Gasteiger partial charge is 0.339 e. The number of oxazole rings is 1. The SMILES string of the molecule is CCOCCCNC(=O)COC(=O)c1ccccc1-c1ncc(-c2ccc(C)cc2)o1.